The smallest absolute Gasteiger partial charge is 0.323 e. The van der Waals surface area contributed by atoms with E-state index in [0.29, 0.717) is 19.8 Å². The lowest BCUT2D eigenvalue weighted by Gasteiger charge is -2.20. The highest BCUT2D eigenvalue weighted by molar-refractivity contribution is 5.96. The molecule has 0 aliphatic carbocycles. The molecule has 0 rings (SSSR count). The number of carbonyl (C=O) groups excluding carboxylic acids is 2. The van der Waals surface area contributed by atoms with E-state index in [1.807, 2.05) is 6.92 Å². The third kappa shape index (κ3) is 6.76. The summed E-state index contributed by atoms with van der Waals surface area (Å²) in [4.78, 5) is 35.3. The van der Waals surface area contributed by atoms with Crippen LogP contribution in [0.4, 0.5) is 4.79 Å². The van der Waals surface area contributed by atoms with Gasteiger partial charge in [-0.05, 0) is 20.8 Å². The van der Waals surface area contributed by atoms with Crippen LogP contribution in [-0.2, 0) is 14.3 Å². The molecular weight excluding hydrogens is 252 g/mol. The van der Waals surface area contributed by atoms with Gasteiger partial charge in [-0.3, -0.25) is 14.9 Å². The van der Waals surface area contributed by atoms with Crippen LogP contribution in [0.3, 0.4) is 0 Å². The topological polar surface area (TPSA) is 95.9 Å². The normalized spacial score (nSPS) is 10.9. The van der Waals surface area contributed by atoms with Crippen LogP contribution in [0.1, 0.15) is 27.2 Å². The Kier molecular flexibility index (Phi) is 7.06. The van der Waals surface area contributed by atoms with Crippen LogP contribution in [0, 0.1) is 5.41 Å². The van der Waals surface area contributed by atoms with Gasteiger partial charge in [-0.2, -0.15) is 0 Å². The van der Waals surface area contributed by atoms with Gasteiger partial charge in [0.2, 0.25) is 5.91 Å². The summed E-state index contributed by atoms with van der Waals surface area (Å²) in [6.45, 7) is 6.00. The summed E-state index contributed by atoms with van der Waals surface area (Å²) in [5, 5.41) is 11.0. The number of imide groups is 1. The molecule has 0 unspecified atom stereocenters. The zero-order chi connectivity index (χ0) is 15.1. The molecule has 0 saturated heterocycles. The maximum Gasteiger partial charge on any atom is 0.323 e. The molecule has 0 aliphatic rings. The van der Waals surface area contributed by atoms with E-state index >= 15 is 0 Å². The first kappa shape index (κ1) is 17.4. The Morgan fingerprint density at radius 1 is 1.32 bits per heavy atom. The summed E-state index contributed by atoms with van der Waals surface area (Å²) in [7, 11) is 1.53. The lowest BCUT2D eigenvalue weighted by atomic mass is 9.89. The van der Waals surface area contributed by atoms with E-state index < -0.39 is 23.3 Å². The average molecular weight is 274 g/mol. The van der Waals surface area contributed by atoms with Crippen LogP contribution in [0.15, 0.2) is 0 Å². The number of rotatable bonds is 7. The average Bonchev–Trinajstić information content (AvgIpc) is 2.27. The zero-order valence-electron chi connectivity index (χ0n) is 11.9. The van der Waals surface area contributed by atoms with Crippen molar-refractivity contribution in [2.24, 2.45) is 5.41 Å². The SMILES string of the molecule is CCOCCN(C)C(=O)NC(=O)CC(C)(C)C(=O)O. The third-order valence-corrected chi connectivity index (χ3v) is 2.55. The van der Waals surface area contributed by atoms with Gasteiger partial charge in [0.05, 0.1) is 12.0 Å². The van der Waals surface area contributed by atoms with Crippen LogP contribution in [0.5, 0.6) is 0 Å². The second-order valence-corrected chi connectivity index (χ2v) is 4.84. The number of carboxylic acids is 1. The molecule has 7 heteroatoms. The largest absolute Gasteiger partial charge is 0.481 e. The first-order valence-electron chi connectivity index (χ1n) is 6.06. The van der Waals surface area contributed by atoms with Crippen molar-refractivity contribution in [3.8, 4) is 0 Å². The van der Waals surface area contributed by atoms with Crippen molar-refractivity contribution < 1.29 is 24.2 Å². The van der Waals surface area contributed by atoms with Crippen molar-refractivity contribution >= 4 is 17.9 Å². The molecule has 0 atom stereocenters. The number of carbonyl (C=O) groups is 3. The number of hydrogen-bond donors (Lipinski definition) is 2. The fourth-order valence-electron chi connectivity index (χ4n) is 1.18. The maximum atomic E-state index is 11.6. The molecule has 110 valence electrons. The summed E-state index contributed by atoms with van der Waals surface area (Å²) >= 11 is 0. The second-order valence-electron chi connectivity index (χ2n) is 4.84. The number of amides is 3. The molecule has 0 saturated carbocycles. The van der Waals surface area contributed by atoms with Crippen LogP contribution in [-0.4, -0.2) is 54.7 Å². The second kappa shape index (κ2) is 7.73. The molecule has 3 amide bonds. The molecule has 19 heavy (non-hydrogen) atoms. The molecule has 0 aromatic carbocycles. The molecular formula is C12H22N2O5. The molecule has 0 bridgehead atoms. The zero-order valence-corrected chi connectivity index (χ0v) is 11.9. The number of carboxylic acid groups (broad SMARTS) is 1. The first-order chi connectivity index (χ1) is 8.70. The number of likely N-dealkylation sites (N-methyl/N-ethyl adjacent to an activating group) is 1. The van der Waals surface area contributed by atoms with Crippen molar-refractivity contribution in [1.82, 2.24) is 10.2 Å². The van der Waals surface area contributed by atoms with E-state index in [4.69, 9.17) is 9.84 Å². The minimum Gasteiger partial charge on any atom is -0.481 e. The van der Waals surface area contributed by atoms with Gasteiger partial charge < -0.3 is 14.7 Å². The van der Waals surface area contributed by atoms with Crippen molar-refractivity contribution in [1.29, 1.82) is 0 Å². The number of nitrogens with zero attached hydrogens (tertiary/aromatic N) is 1. The Morgan fingerprint density at radius 3 is 2.37 bits per heavy atom. The van der Waals surface area contributed by atoms with Gasteiger partial charge >= 0.3 is 12.0 Å². The standard InChI is InChI=1S/C12H22N2O5/c1-5-19-7-6-14(4)11(18)13-9(15)8-12(2,3)10(16)17/h5-8H2,1-4H3,(H,16,17)(H,13,15,18). The molecule has 0 aromatic rings. The van der Waals surface area contributed by atoms with E-state index in [9.17, 15) is 14.4 Å². The van der Waals surface area contributed by atoms with E-state index in [1.165, 1.54) is 25.8 Å². The Morgan fingerprint density at radius 2 is 1.89 bits per heavy atom. The molecule has 0 fully saturated rings. The highest BCUT2D eigenvalue weighted by Crippen LogP contribution is 2.19. The molecule has 0 aromatic heterocycles. The molecule has 0 spiro atoms. The van der Waals surface area contributed by atoms with Gasteiger partial charge in [0, 0.05) is 26.6 Å². The first-order valence-corrected chi connectivity index (χ1v) is 6.06. The fourth-order valence-corrected chi connectivity index (χ4v) is 1.18. The number of urea groups is 1. The van der Waals surface area contributed by atoms with Crippen molar-refractivity contribution in [3.63, 3.8) is 0 Å². The molecule has 7 nitrogen and oxygen atoms in total. The number of aliphatic carboxylic acids is 1. The Labute approximate surface area is 112 Å². The summed E-state index contributed by atoms with van der Waals surface area (Å²) in [6, 6.07) is -0.564. The minimum atomic E-state index is -1.20. The van der Waals surface area contributed by atoms with Crippen LogP contribution in [0.25, 0.3) is 0 Å². The fraction of sp³-hybridized carbons (Fsp3) is 0.750. The summed E-state index contributed by atoms with van der Waals surface area (Å²) in [5.41, 5.74) is -1.20. The van der Waals surface area contributed by atoms with Gasteiger partial charge in [0.25, 0.3) is 0 Å². The van der Waals surface area contributed by atoms with E-state index in [-0.39, 0.29) is 6.42 Å². The molecule has 0 aliphatic heterocycles. The Hall–Kier alpha value is -1.63. The van der Waals surface area contributed by atoms with Gasteiger partial charge in [-0.15, -0.1) is 0 Å². The lowest BCUT2D eigenvalue weighted by molar-refractivity contribution is -0.149. The third-order valence-electron chi connectivity index (χ3n) is 2.55. The maximum absolute atomic E-state index is 11.6. The molecule has 0 heterocycles. The van der Waals surface area contributed by atoms with Crippen molar-refractivity contribution in [2.45, 2.75) is 27.2 Å². The van der Waals surface area contributed by atoms with E-state index in [1.54, 1.807) is 0 Å². The van der Waals surface area contributed by atoms with E-state index in [0.717, 1.165) is 0 Å². The number of hydrogen-bond acceptors (Lipinski definition) is 4. The summed E-state index contributed by atoms with van der Waals surface area (Å²) in [6.07, 6.45) is -0.257. The predicted molar refractivity (Wildman–Crippen MR) is 68.7 cm³/mol. The highest BCUT2D eigenvalue weighted by Gasteiger charge is 2.30. The van der Waals surface area contributed by atoms with Crippen molar-refractivity contribution in [3.05, 3.63) is 0 Å². The molecule has 0 radical (unpaired) electrons. The Balaban J connectivity index is 4.19. The molecule has 2 N–H and O–H groups in total. The quantitative estimate of drug-likeness (QED) is 0.666. The van der Waals surface area contributed by atoms with Crippen molar-refractivity contribution in [2.75, 3.05) is 26.8 Å². The van der Waals surface area contributed by atoms with Gasteiger partial charge in [0.1, 0.15) is 0 Å². The Bertz CT molecular complexity index is 341. The van der Waals surface area contributed by atoms with E-state index in [2.05, 4.69) is 5.32 Å². The van der Waals surface area contributed by atoms with Crippen LogP contribution >= 0.6 is 0 Å². The monoisotopic (exact) mass is 274 g/mol. The van der Waals surface area contributed by atoms with Gasteiger partial charge in [0.15, 0.2) is 0 Å². The van der Waals surface area contributed by atoms with Gasteiger partial charge in [-0.1, -0.05) is 0 Å². The highest BCUT2D eigenvalue weighted by atomic mass is 16.5. The van der Waals surface area contributed by atoms with Crippen LogP contribution in [0.2, 0.25) is 0 Å². The predicted octanol–water partition coefficient (Wildman–Crippen LogP) is 0.692. The number of ether oxygens (including phenoxy) is 1. The van der Waals surface area contributed by atoms with Crippen LogP contribution < -0.4 is 5.32 Å². The van der Waals surface area contributed by atoms with Gasteiger partial charge in [-0.25, -0.2) is 4.79 Å². The minimum absolute atomic E-state index is 0.257. The lowest BCUT2D eigenvalue weighted by Crippen LogP contribution is -2.44. The summed E-state index contributed by atoms with van der Waals surface area (Å²) in [5.74, 6) is -1.69. The number of nitrogens with one attached hydrogen (secondary N) is 1. The summed E-state index contributed by atoms with van der Waals surface area (Å²) < 4.78 is 5.09.